The average Bonchev–Trinajstić information content (AvgIpc) is 2.42. The van der Waals surface area contributed by atoms with Gasteiger partial charge in [0.1, 0.15) is 0 Å². The Hall–Kier alpha value is -2.10. The number of hydrogen-bond acceptors (Lipinski definition) is 2. The summed E-state index contributed by atoms with van der Waals surface area (Å²) in [5.74, 6) is 1.04. The Balaban J connectivity index is 2.11. The number of aliphatic imine (C=N–C) groups is 1. The van der Waals surface area contributed by atoms with Gasteiger partial charge < -0.3 is 11.1 Å². The molecule has 4 heteroatoms. The highest BCUT2D eigenvalue weighted by Gasteiger charge is 2.01. The van der Waals surface area contributed by atoms with Crippen LogP contribution in [-0.2, 0) is 6.54 Å². The minimum Gasteiger partial charge on any atom is -0.370 e. The maximum atomic E-state index is 5.83. The average molecular weight is 256 g/mol. The lowest BCUT2D eigenvalue weighted by atomic mass is 10.1. The number of rotatable bonds is 4. The number of benzene rings is 1. The summed E-state index contributed by atoms with van der Waals surface area (Å²) in [4.78, 5) is 8.76. The number of nitrogens with two attached hydrogens (primary N) is 1. The number of aromatic nitrogens is 1. The Morgan fingerprint density at radius 1 is 1.32 bits per heavy atom. The molecule has 0 aliphatic rings. The largest absolute Gasteiger partial charge is 0.370 e. The second-order valence-electron chi connectivity index (χ2n) is 4.97. The van der Waals surface area contributed by atoms with E-state index in [9.17, 15) is 0 Å². The van der Waals surface area contributed by atoms with Crippen molar-refractivity contribution in [1.82, 2.24) is 10.3 Å². The third-order valence-corrected chi connectivity index (χ3v) is 2.83. The second kappa shape index (κ2) is 6.18. The zero-order valence-corrected chi connectivity index (χ0v) is 11.4. The number of nitrogens with one attached hydrogen (secondary N) is 1. The molecule has 0 fully saturated rings. The second-order valence-corrected chi connectivity index (χ2v) is 4.97. The van der Waals surface area contributed by atoms with Gasteiger partial charge in [-0.3, -0.25) is 4.98 Å². The van der Waals surface area contributed by atoms with Crippen molar-refractivity contribution in [2.75, 3.05) is 6.54 Å². The molecular formula is C15H20N4. The lowest BCUT2D eigenvalue weighted by molar-refractivity contribution is 0.622. The maximum absolute atomic E-state index is 5.83. The van der Waals surface area contributed by atoms with Crippen LogP contribution >= 0.6 is 0 Å². The van der Waals surface area contributed by atoms with Crippen LogP contribution in [0.1, 0.15) is 19.4 Å². The van der Waals surface area contributed by atoms with E-state index in [2.05, 4.69) is 41.3 Å². The van der Waals surface area contributed by atoms with Gasteiger partial charge in [0.15, 0.2) is 5.96 Å². The SMILES string of the molecule is CC(C)CNC(N)=NCc1cccc2cccnc12. The summed E-state index contributed by atoms with van der Waals surface area (Å²) in [5.41, 5.74) is 7.91. The minimum atomic E-state index is 0.488. The first-order chi connectivity index (χ1) is 9.16. The monoisotopic (exact) mass is 256 g/mol. The molecule has 0 saturated heterocycles. The summed E-state index contributed by atoms with van der Waals surface area (Å²) in [7, 11) is 0. The van der Waals surface area contributed by atoms with Gasteiger partial charge in [0, 0.05) is 18.1 Å². The molecule has 2 rings (SSSR count). The summed E-state index contributed by atoms with van der Waals surface area (Å²) < 4.78 is 0. The highest BCUT2D eigenvalue weighted by atomic mass is 15.1. The predicted octanol–water partition coefficient (Wildman–Crippen LogP) is 2.30. The summed E-state index contributed by atoms with van der Waals surface area (Å²) >= 11 is 0. The highest BCUT2D eigenvalue weighted by molar-refractivity contribution is 5.82. The van der Waals surface area contributed by atoms with Gasteiger partial charge in [-0.2, -0.15) is 0 Å². The molecule has 0 aliphatic heterocycles. The molecule has 2 aromatic rings. The van der Waals surface area contributed by atoms with Crippen LogP contribution < -0.4 is 11.1 Å². The van der Waals surface area contributed by atoms with Gasteiger partial charge in [0.2, 0.25) is 0 Å². The van der Waals surface area contributed by atoms with Gasteiger partial charge in [-0.1, -0.05) is 38.1 Å². The molecule has 0 saturated carbocycles. The Bertz CT molecular complexity index is 570. The third kappa shape index (κ3) is 3.68. The molecular weight excluding hydrogens is 236 g/mol. The minimum absolute atomic E-state index is 0.488. The van der Waals surface area contributed by atoms with Gasteiger partial charge in [-0.05, 0) is 17.5 Å². The Morgan fingerprint density at radius 3 is 2.89 bits per heavy atom. The number of nitrogens with zero attached hydrogens (tertiary/aromatic N) is 2. The molecule has 100 valence electrons. The number of para-hydroxylation sites is 1. The van der Waals surface area contributed by atoms with Crippen LogP contribution in [0.15, 0.2) is 41.5 Å². The summed E-state index contributed by atoms with van der Waals surface area (Å²) in [6.07, 6.45) is 1.80. The Labute approximate surface area is 113 Å². The molecule has 0 unspecified atom stereocenters. The van der Waals surface area contributed by atoms with Crippen LogP contribution in [0, 0.1) is 5.92 Å². The van der Waals surface area contributed by atoms with E-state index in [1.165, 1.54) is 0 Å². The van der Waals surface area contributed by atoms with Crippen LogP contribution in [0.3, 0.4) is 0 Å². The normalized spacial score (nSPS) is 12.1. The molecule has 0 spiro atoms. The van der Waals surface area contributed by atoms with E-state index in [1.807, 2.05) is 18.2 Å². The molecule has 4 nitrogen and oxygen atoms in total. The number of fused-ring (bicyclic) bond motifs is 1. The van der Waals surface area contributed by atoms with Gasteiger partial charge in [-0.25, -0.2) is 4.99 Å². The third-order valence-electron chi connectivity index (χ3n) is 2.83. The van der Waals surface area contributed by atoms with Crippen LogP contribution in [0.4, 0.5) is 0 Å². The molecule has 3 N–H and O–H groups in total. The van der Waals surface area contributed by atoms with Gasteiger partial charge in [0.25, 0.3) is 0 Å². The molecule has 1 aromatic carbocycles. The molecule has 1 heterocycles. The number of pyridine rings is 1. The molecule has 0 aliphatic carbocycles. The van der Waals surface area contributed by atoms with Gasteiger partial charge >= 0.3 is 0 Å². The smallest absolute Gasteiger partial charge is 0.188 e. The van der Waals surface area contributed by atoms with Crippen LogP contribution in [0.25, 0.3) is 10.9 Å². The van der Waals surface area contributed by atoms with E-state index in [1.54, 1.807) is 6.20 Å². The highest BCUT2D eigenvalue weighted by Crippen LogP contribution is 2.16. The zero-order valence-electron chi connectivity index (χ0n) is 11.4. The van der Waals surface area contributed by atoms with Crippen LogP contribution in [-0.4, -0.2) is 17.5 Å². The van der Waals surface area contributed by atoms with Crippen molar-refractivity contribution in [3.8, 4) is 0 Å². The van der Waals surface area contributed by atoms with E-state index >= 15 is 0 Å². The van der Waals surface area contributed by atoms with E-state index in [4.69, 9.17) is 5.73 Å². The fourth-order valence-electron chi connectivity index (χ4n) is 1.83. The van der Waals surface area contributed by atoms with Crippen LogP contribution in [0.5, 0.6) is 0 Å². The van der Waals surface area contributed by atoms with E-state index in [-0.39, 0.29) is 0 Å². The maximum Gasteiger partial charge on any atom is 0.188 e. The molecule has 0 radical (unpaired) electrons. The summed E-state index contributed by atoms with van der Waals surface area (Å²) in [5, 5.41) is 4.24. The van der Waals surface area contributed by atoms with E-state index < -0.39 is 0 Å². The first kappa shape index (κ1) is 13.3. The summed E-state index contributed by atoms with van der Waals surface area (Å²) in [6, 6.07) is 10.1. The number of guanidine groups is 1. The molecule has 0 amide bonds. The van der Waals surface area contributed by atoms with Crippen molar-refractivity contribution in [3.63, 3.8) is 0 Å². The van der Waals surface area contributed by atoms with Crippen molar-refractivity contribution in [3.05, 3.63) is 42.1 Å². The van der Waals surface area contributed by atoms with Crippen molar-refractivity contribution >= 4 is 16.9 Å². The zero-order chi connectivity index (χ0) is 13.7. The van der Waals surface area contributed by atoms with Crippen molar-refractivity contribution in [2.24, 2.45) is 16.6 Å². The fourth-order valence-corrected chi connectivity index (χ4v) is 1.83. The Morgan fingerprint density at radius 2 is 2.11 bits per heavy atom. The lowest BCUT2D eigenvalue weighted by Crippen LogP contribution is -2.34. The van der Waals surface area contributed by atoms with Crippen molar-refractivity contribution in [2.45, 2.75) is 20.4 Å². The first-order valence-electron chi connectivity index (χ1n) is 6.53. The molecule has 1 aromatic heterocycles. The molecule has 0 bridgehead atoms. The summed E-state index contributed by atoms with van der Waals surface area (Å²) in [6.45, 7) is 5.65. The molecule has 19 heavy (non-hydrogen) atoms. The molecule has 0 atom stereocenters. The lowest BCUT2D eigenvalue weighted by Gasteiger charge is -2.08. The van der Waals surface area contributed by atoms with Gasteiger partial charge in [0.05, 0.1) is 12.1 Å². The van der Waals surface area contributed by atoms with Crippen molar-refractivity contribution < 1.29 is 0 Å². The first-order valence-corrected chi connectivity index (χ1v) is 6.53. The fraction of sp³-hybridized carbons (Fsp3) is 0.333. The topological polar surface area (TPSA) is 63.3 Å². The van der Waals surface area contributed by atoms with Gasteiger partial charge in [-0.15, -0.1) is 0 Å². The number of hydrogen-bond donors (Lipinski definition) is 2. The quantitative estimate of drug-likeness (QED) is 0.651. The van der Waals surface area contributed by atoms with E-state index in [0.717, 1.165) is 23.0 Å². The van der Waals surface area contributed by atoms with Crippen LogP contribution in [0.2, 0.25) is 0 Å². The Kier molecular flexibility index (Phi) is 4.34. The van der Waals surface area contributed by atoms with Crippen molar-refractivity contribution in [1.29, 1.82) is 0 Å². The van der Waals surface area contributed by atoms with E-state index in [0.29, 0.717) is 18.4 Å². The predicted molar refractivity (Wildman–Crippen MR) is 79.9 cm³/mol. The standard InChI is InChI=1S/C15H20N4/c1-11(2)9-18-15(16)19-10-13-6-3-5-12-7-4-8-17-14(12)13/h3-8,11H,9-10H2,1-2H3,(H3,16,18,19).